The average Bonchev–Trinajstić information content (AvgIpc) is 2.90. The summed E-state index contributed by atoms with van der Waals surface area (Å²) in [6.45, 7) is 5.21. The van der Waals surface area contributed by atoms with Gasteiger partial charge in [-0.25, -0.2) is 0 Å². The third kappa shape index (κ3) is 11.1. The Hall–Kier alpha value is -0.890. The molecule has 2 rings (SSSR count). The lowest BCUT2D eigenvalue weighted by Gasteiger charge is -2.45. The Bertz CT molecular complexity index is 680. The summed E-state index contributed by atoms with van der Waals surface area (Å²) in [7, 11) is 0. The summed E-state index contributed by atoms with van der Waals surface area (Å²) in [6, 6.07) is 0. The maximum Gasteiger partial charge on any atom is 0.308 e. The lowest BCUT2D eigenvalue weighted by molar-refractivity contribution is -0.348. The van der Waals surface area contributed by atoms with Gasteiger partial charge in [-0.3, -0.25) is 4.79 Å². The number of esters is 1. The van der Waals surface area contributed by atoms with Crippen LogP contribution in [0.25, 0.3) is 0 Å². The lowest BCUT2D eigenvalue weighted by atomic mass is 9.97. The Morgan fingerprint density at radius 3 is 1.87 bits per heavy atom. The van der Waals surface area contributed by atoms with E-state index >= 15 is 0 Å². The van der Waals surface area contributed by atoms with Gasteiger partial charge in [0.05, 0.1) is 18.3 Å². The molecule has 11 atom stereocenters. The second-order valence-electron chi connectivity index (χ2n) is 11.1. The smallest absolute Gasteiger partial charge is 0.308 e. The Morgan fingerprint density at radius 1 is 0.692 bits per heavy atom. The van der Waals surface area contributed by atoms with E-state index in [1.807, 2.05) is 0 Å². The molecule has 0 aromatic carbocycles. The number of aliphatic hydroxyl groups excluding tert-OH is 6. The first-order chi connectivity index (χ1) is 18.6. The number of rotatable bonds is 17. The average molecular weight is 565 g/mol. The fourth-order valence-electron chi connectivity index (χ4n) is 5.07. The van der Waals surface area contributed by atoms with E-state index in [0.717, 1.165) is 57.8 Å². The van der Waals surface area contributed by atoms with Crippen molar-refractivity contribution in [3.63, 3.8) is 0 Å². The van der Waals surface area contributed by atoms with Crippen molar-refractivity contribution in [2.75, 3.05) is 0 Å². The number of aliphatic hydroxyl groups is 6. The number of hydrogen-bond donors (Lipinski definition) is 6. The van der Waals surface area contributed by atoms with Gasteiger partial charge >= 0.3 is 5.97 Å². The quantitative estimate of drug-likeness (QED) is 0.112. The summed E-state index contributed by atoms with van der Waals surface area (Å²) in [5, 5.41) is 61.0. The fourth-order valence-corrected chi connectivity index (χ4v) is 5.07. The van der Waals surface area contributed by atoms with Crippen molar-refractivity contribution in [3.8, 4) is 0 Å². The first-order valence-corrected chi connectivity index (χ1v) is 14.8. The molecule has 2 saturated heterocycles. The van der Waals surface area contributed by atoms with E-state index < -0.39 is 67.4 Å². The highest BCUT2D eigenvalue weighted by atomic mass is 16.7. The first-order valence-electron chi connectivity index (χ1n) is 14.8. The Labute approximate surface area is 232 Å². The van der Waals surface area contributed by atoms with Crippen LogP contribution in [0.5, 0.6) is 0 Å². The molecule has 2 aliphatic heterocycles. The minimum atomic E-state index is -1.59. The van der Waals surface area contributed by atoms with Gasteiger partial charge < -0.3 is 49.6 Å². The molecule has 0 spiro atoms. The summed E-state index contributed by atoms with van der Waals surface area (Å²) >= 11 is 0. The fraction of sp³-hybridized carbons (Fsp3) is 0.964. The molecule has 0 unspecified atom stereocenters. The largest absolute Gasteiger partial charge is 0.433 e. The van der Waals surface area contributed by atoms with Crippen molar-refractivity contribution in [1.29, 1.82) is 0 Å². The molecule has 11 heteroatoms. The molecule has 0 radical (unpaired) electrons. The molecule has 11 nitrogen and oxygen atoms in total. The number of ether oxygens (including phenoxy) is 4. The standard InChI is InChI=1S/C28H52O11/c1-4-5-11-14-19(29)15-12-9-7-6-8-10-13-16-20(30)38-27-25(35)23(33)26(18(3)37-27)39-28-24(34)22(32)21(31)17(2)36-28/h17-19,21-29,31-35H,4-16H2,1-3H3/t17-,18-,19-,21-,22+,23-,24+,25+,26-,27-,28-/m0/s1. The molecule has 0 aromatic heterocycles. The predicted octanol–water partition coefficient (Wildman–Crippen LogP) is 1.66. The third-order valence-electron chi connectivity index (χ3n) is 7.68. The summed E-state index contributed by atoms with van der Waals surface area (Å²) in [5.41, 5.74) is 0. The van der Waals surface area contributed by atoms with Gasteiger partial charge in [-0.2, -0.15) is 0 Å². The molecule has 6 N–H and O–H groups in total. The van der Waals surface area contributed by atoms with E-state index in [2.05, 4.69) is 6.92 Å². The van der Waals surface area contributed by atoms with Gasteiger partial charge in [0.2, 0.25) is 6.29 Å². The number of carbonyl (C=O) groups excluding carboxylic acids is 1. The number of carbonyl (C=O) groups is 1. The Balaban J connectivity index is 1.61. The zero-order valence-electron chi connectivity index (χ0n) is 23.8. The third-order valence-corrected chi connectivity index (χ3v) is 7.68. The zero-order valence-corrected chi connectivity index (χ0v) is 23.8. The van der Waals surface area contributed by atoms with Crippen LogP contribution < -0.4 is 0 Å². The normalized spacial score (nSPS) is 36.0. The van der Waals surface area contributed by atoms with Gasteiger partial charge in [-0.05, 0) is 33.1 Å². The van der Waals surface area contributed by atoms with Crippen molar-refractivity contribution in [2.45, 2.75) is 172 Å². The van der Waals surface area contributed by atoms with Crippen LogP contribution in [0.2, 0.25) is 0 Å². The molecule has 39 heavy (non-hydrogen) atoms. The second kappa shape index (κ2) is 17.8. The van der Waals surface area contributed by atoms with Gasteiger partial charge in [0.15, 0.2) is 6.29 Å². The minimum absolute atomic E-state index is 0.168. The SMILES string of the molecule is CCCCC[C@H](O)CCCCCCCCCC(=O)O[C@@H]1O[C@@H](C)[C@H](O[C@@H]2O[C@@H](C)[C@H](O)[C@@H](O)[C@H]2O)[C@@H](O)[C@H]1O. The van der Waals surface area contributed by atoms with Crippen molar-refractivity contribution >= 4 is 5.97 Å². The minimum Gasteiger partial charge on any atom is -0.433 e. The number of unbranched alkanes of at least 4 members (excludes halogenated alkanes) is 8. The van der Waals surface area contributed by atoms with Gasteiger partial charge in [-0.15, -0.1) is 0 Å². The predicted molar refractivity (Wildman–Crippen MR) is 141 cm³/mol. The van der Waals surface area contributed by atoms with Crippen molar-refractivity contribution in [3.05, 3.63) is 0 Å². The van der Waals surface area contributed by atoms with Crippen LogP contribution in [0.15, 0.2) is 0 Å². The molecule has 230 valence electrons. The monoisotopic (exact) mass is 564 g/mol. The Kier molecular flexibility index (Phi) is 15.7. The van der Waals surface area contributed by atoms with Crippen LogP contribution >= 0.6 is 0 Å². The molecular formula is C28H52O11. The van der Waals surface area contributed by atoms with Crippen molar-refractivity contribution < 1.29 is 54.4 Å². The lowest BCUT2D eigenvalue weighted by Crippen LogP contribution is -2.63. The van der Waals surface area contributed by atoms with Gasteiger partial charge in [0.1, 0.15) is 36.6 Å². The van der Waals surface area contributed by atoms with Gasteiger partial charge in [0, 0.05) is 6.42 Å². The molecule has 0 saturated carbocycles. The van der Waals surface area contributed by atoms with Crippen LogP contribution in [0.3, 0.4) is 0 Å². The molecule has 0 aromatic rings. The highest BCUT2D eigenvalue weighted by molar-refractivity contribution is 5.69. The van der Waals surface area contributed by atoms with E-state index in [1.54, 1.807) is 6.92 Å². The van der Waals surface area contributed by atoms with Crippen LogP contribution in [0.4, 0.5) is 0 Å². The summed E-state index contributed by atoms with van der Waals surface area (Å²) in [4.78, 5) is 12.3. The number of hydrogen-bond acceptors (Lipinski definition) is 11. The van der Waals surface area contributed by atoms with Crippen molar-refractivity contribution in [1.82, 2.24) is 0 Å². The molecule has 2 aliphatic rings. The highest BCUT2D eigenvalue weighted by Crippen LogP contribution is 2.29. The summed E-state index contributed by atoms with van der Waals surface area (Å²) in [5.74, 6) is -0.535. The summed E-state index contributed by atoms with van der Waals surface area (Å²) in [6.07, 6.45) is -0.994. The molecule has 0 amide bonds. The van der Waals surface area contributed by atoms with E-state index in [0.29, 0.717) is 6.42 Å². The van der Waals surface area contributed by atoms with Gasteiger partial charge in [0.25, 0.3) is 0 Å². The van der Waals surface area contributed by atoms with Crippen LogP contribution in [0, 0.1) is 0 Å². The van der Waals surface area contributed by atoms with E-state index in [4.69, 9.17) is 18.9 Å². The van der Waals surface area contributed by atoms with Crippen LogP contribution in [0.1, 0.15) is 104 Å². The van der Waals surface area contributed by atoms with Crippen LogP contribution in [-0.2, 0) is 23.7 Å². The maximum atomic E-state index is 12.3. The summed E-state index contributed by atoms with van der Waals surface area (Å²) < 4.78 is 21.9. The second-order valence-corrected chi connectivity index (χ2v) is 11.1. The Morgan fingerprint density at radius 2 is 1.23 bits per heavy atom. The van der Waals surface area contributed by atoms with Crippen molar-refractivity contribution in [2.24, 2.45) is 0 Å². The highest BCUT2D eigenvalue weighted by Gasteiger charge is 2.49. The molecule has 0 aliphatic carbocycles. The van der Waals surface area contributed by atoms with E-state index in [9.17, 15) is 35.4 Å². The maximum absolute atomic E-state index is 12.3. The topological polar surface area (TPSA) is 175 Å². The van der Waals surface area contributed by atoms with Gasteiger partial charge in [-0.1, -0.05) is 64.7 Å². The molecule has 0 bridgehead atoms. The van der Waals surface area contributed by atoms with E-state index in [1.165, 1.54) is 19.8 Å². The molecular weight excluding hydrogens is 512 g/mol. The van der Waals surface area contributed by atoms with E-state index in [-0.39, 0.29) is 12.5 Å². The first kappa shape index (κ1) is 34.3. The molecule has 2 fully saturated rings. The zero-order chi connectivity index (χ0) is 28.9. The molecule has 2 heterocycles. The van der Waals surface area contributed by atoms with Crippen LogP contribution in [-0.4, -0.2) is 104 Å².